The van der Waals surface area contributed by atoms with Crippen molar-refractivity contribution in [3.8, 4) is 5.75 Å². The second-order valence-corrected chi connectivity index (χ2v) is 4.17. The van der Waals surface area contributed by atoms with Crippen LogP contribution in [-0.4, -0.2) is 31.4 Å². The molecule has 0 aliphatic carbocycles. The highest BCUT2D eigenvalue weighted by atomic mass is 16.5. The molecule has 0 unspecified atom stereocenters. The molecule has 4 heteroatoms. The summed E-state index contributed by atoms with van der Waals surface area (Å²) in [4.78, 5) is 2.24. The highest BCUT2D eigenvalue weighted by Gasteiger charge is 2.19. The second-order valence-electron chi connectivity index (χ2n) is 4.17. The summed E-state index contributed by atoms with van der Waals surface area (Å²) in [5.41, 5.74) is 7.03. The fraction of sp³-hybridized carbons (Fsp3) is 0.500. The number of hydrogen-bond acceptors (Lipinski definition) is 4. The van der Waals surface area contributed by atoms with Gasteiger partial charge in [0.25, 0.3) is 0 Å². The van der Waals surface area contributed by atoms with Crippen LogP contribution in [-0.2, 0) is 4.74 Å². The number of ether oxygens (including phenoxy) is 1. The van der Waals surface area contributed by atoms with Gasteiger partial charge in [0.1, 0.15) is 5.75 Å². The van der Waals surface area contributed by atoms with Crippen molar-refractivity contribution in [3.63, 3.8) is 0 Å². The normalized spacial score (nSPS) is 17.7. The molecule has 16 heavy (non-hydrogen) atoms. The van der Waals surface area contributed by atoms with Gasteiger partial charge in [-0.05, 0) is 25.0 Å². The van der Waals surface area contributed by atoms with E-state index in [1.165, 1.54) is 0 Å². The first-order chi connectivity index (χ1) is 7.70. The van der Waals surface area contributed by atoms with Crippen LogP contribution in [0.2, 0.25) is 0 Å². The fourth-order valence-corrected chi connectivity index (χ4v) is 2.08. The number of nitrogen functional groups attached to an aromatic ring is 1. The number of methoxy groups -OCH3 is 1. The molecule has 1 aromatic carbocycles. The number of rotatable bonds is 2. The molecular weight excluding hydrogens is 204 g/mol. The Morgan fingerprint density at radius 2 is 2.06 bits per heavy atom. The molecule has 0 saturated carbocycles. The molecule has 0 atom stereocenters. The summed E-state index contributed by atoms with van der Waals surface area (Å²) in [5.74, 6) is 0.159. The number of benzene rings is 1. The minimum Gasteiger partial charge on any atom is -0.506 e. The van der Waals surface area contributed by atoms with Gasteiger partial charge in [0.05, 0.1) is 11.8 Å². The van der Waals surface area contributed by atoms with Crippen molar-refractivity contribution in [3.05, 3.63) is 18.2 Å². The molecule has 1 fully saturated rings. The van der Waals surface area contributed by atoms with E-state index in [0.717, 1.165) is 31.6 Å². The van der Waals surface area contributed by atoms with E-state index in [4.69, 9.17) is 10.5 Å². The summed E-state index contributed by atoms with van der Waals surface area (Å²) < 4.78 is 5.32. The number of hydrogen-bond donors (Lipinski definition) is 2. The van der Waals surface area contributed by atoms with Gasteiger partial charge in [-0.25, -0.2) is 0 Å². The van der Waals surface area contributed by atoms with E-state index in [9.17, 15) is 5.11 Å². The lowest BCUT2D eigenvalue weighted by Gasteiger charge is -2.33. The summed E-state index contributed by atoms with van der Waals surface area (Å²) in [6.45, 7) is 1.92. The monoisotopic (exact) mass is 222 g/mol. The highest BCUT2D eigenvalue weighted by Crippen LogP contribution is 2.28. The Kier molecular flexibility index (Phi) is 3.19. The number of aromatic hydroxyl groups is 1. The number of phenolic OH excluding ortho intramolecular Hbond substituents is 1. The van der Waals surface area contributed by atoms with Gasteiger partial charge in [0.15, 0.2) is 0 Å². The first kappa shape index (κ1) is 11.1. The molecule has 1 saturated heterocycles. The van der Waals surface area contributed by atoms with Crippen molar-refractivity contribution in [2.24, 2.45) is 0 Å². The van der Waals surface area contributed by atoms with Gasteiger partial charge < -0.3 is 20.5 Å². The maximum absolute atomic E-state index is 9.55. The van der Waals surface area contributed by atoms with E-state index < -0.39 is 0 Å². The van der Waals surface area contributed by atoms with E-state index in [1.807, 2.05) is 6.07 Å². The number of nitrogens with two attached hydrogens (primary N) is 1. The minimum absolute atomic E-state index is 0.159. The quantitative estimate of drug-likeness (QED) is 0.589. The van der Waals surface area contributed by atoms with Gasteiger partial charge in [-0.1, -0.05) is 0 Å². The van der Waals surface area contributed by atoms with Gasteiger partial charge in [-0.2, -0.15) is 0 Å². The zero-order valence-electron chi connectivity index (χ0n) is 9.52. The summed E-state index contributed by atoms with van der Waals surface area (Å²) in [6.07, 6.45) is 2.43. The Hall–Kier alpha value is -1.42. The third kappa shape index (κ3) is 2.22. The molecule has 1 heterocycles. The van der Waals surface area contributed by atoms with Crippen LogP contribution in [0.3, 0.4) is 0 Å². The summed E-state index contributed by atoms with van der Waals surface area (Å²) >= 11 is 0. The van der Waals surface area contributed by atoms with Gasteiger partial charge in [-0.3, -0.25) is 0 Å². The van der Waals surface area contributed by atoms with E-state index in [0.29, 0.717) is 11.8 Å². The van der Waals surface area contributed by atoms with Gasteiger partial charge in [0, 0.05) is 32.0 Å². The molecule has 4 nitrogen and oxygen atoms in total. The first-order valence-corrected chi connectivity index (χ1v) is 5.57. The van der Waals surface area contributed by atoms with Crippen LogP contribution in [0.5, 0.6) is 5.75 Å². The van der Waals surface area contributed by atoms with Crippen LogP contribution in [0.25, 0.3) is 0 Å². The third-order valence-corrected chi connectivity index (χ3v) is 3.15. The predicted molar refractivity (Wildman–Crippen MR) is 64.8 cm³/mol. The summed E-state index contributed by atoms with van der Waals surface area (Å²) in [6, 6.07) is 5.41. The van der Waals surface area contributed by atoms with Gasteiger partial charge in [0.2, 0.25) is 0 Å². The van der Waals surface area contributed by atoms with Crippen LogP contribution < -0.4 is 10.6 Å². The van der Waals surface area contributed by atoms with Gasteiger partial charge >= 0.3 is 0 Å². The lowest BCUT2D eigenvalue weighted by molar-refractivity contribution is 0.0819. The Morgan fingerprint density at radius 3 is 2.62 bits per heavy atom. The maximum atomic E-state index is 9.55. The van der Waals surface area contributed by atoms with Crippen LogP contribution in [0.15, 0.2) is 18.2 Å². The zero-order valence-corrected chi connectivity index (χ0v) is 9.52. The van der Waals surface area contributed by atoms with Crippen LogP contribution in [0.4, 0.5) is 11.4 Å². The molecule has 0 aromatic heterocycles. The number of nitrogens with zero attached hydrogens (tertiary/aromatic N) is 1. The molecular formula is C12H18N2O2. The molecule has 0 radical (unpaired) electrons. The molecule has 0 spiro atoms. The molecule has 2 rings (SSSR count). The average Bonchev–Trinajstić information content (AvgIpc) is 2.33. The topological polar surface area (TPSA) is 58.7 Å². The van der Waals surface area contributed by atoms with Crippen molar-refractivity contribution >= 4 is 11.4 Å². The van der Waals surface area contributed by atoms with Crippen LogP contribution in [0, 0.1) is 0 Å². The van der Waals surface area contributed by atoms with E-state index in [1.54, 1.807) is 19.2 Å². The molecule has 0 bridgehead atoms. The lowest BCUT2D eigenvalue weighted by atomic mass is 10.1. The molecule has 1 aromatic rings. The Labute approximate surface area is 95.6 Å². The third-order valence-electron chi connectivity index (χ3n) is 3.15. The number of piperidine rings is 1. The summed E-state index contributed by atoms with van der Waals surface area (Å²) in [5, 5.41) is 9.55. The predicted octanol–water partition coefficient (Wildman–Crippen LogP) is 1.59. The van der Waals surface area contributed by atoms with Gasteiger partial charge in [-0.15, -0.1) is 0 Å². The van der Waals surface area contributed by atoms with Crippen molar-refractivity contribution in [1.82, 2.24) is 0 Å². The molecule has 88 valence electrons. The molecule has 3 N–H and O–H groups in total. The van der Waals surface area contributed by atoms with Crippen molar-refractivity contribution in [2.45, 2.75) is 18.9 Å². The highest BCUT2D eigenvalue weighted by molar-refractivity contribution is 5.61. The molecule has 1 aliphatic rings. The van der Waals surface area contributed by atoms with Crippen LogP contribution in [0.1, 0.15) is 12.8 Å². The second kappa shape index (κ2) is 4.61. The fourth-order valence-electron chi connectivity index (χ4n) is 2.08. The Bertz CT molecular complexity index is 360. The smallest absolute Gasteiger partial charge is 0.140 e. The minimum atomic E-state index is 0.159. The number of anilines is 2. The van der Waals surface area contributed by atoms with Crippen molar-refractivity contribution < 1.29 is 9.84 Å². The first-order valence-electron chi connectivity index (χ1n) is 5.57. The van der Waals surface area contributed by atoms with E-state index in [-0.39, 0.29) is 5.75 Å². The van der Waals surface area contributed by atoms with E-state index in [2.05, 4.69) is 4.90 Å². The van der Waals surface area contributed by atoms with Crippen LogP contribution >= 0.6 is 0 Å². The molecule has 1 aliphatic heterocycles. The van der Waals surface area contributed by atoms with Crippen molar-refractivity contribution in [2.75, 3.05) is 30.8 Å². The lowest BCUT2D eigenvalue weighted by Crippen LogP contribution is -2.36. The SMILES string of the molecule is COC1CCN(c2ccc(N)c(O)c2)CC1. The van der Waals surface area contributed by atoms with Crippen molar-refractivity contribution in [1.29, 1.82) is 0 Å². The average molecular weight is 222 g/mol. The summed E-state index contributed by atoms with van der Waals surface area (Å²) in [7, 11) is 1.76. The Balaban J connectivity index is 2.05. The molecule has 0 amide bonds. The largest absolute Gasteiger partial charge is 0.506 e. The zero-order chi connectivity index (χ0) is 11.5. The number of phenols is 1. The van der Waals surface area contributed by atoms with E-state index >= 15 is 0 Å². The standard InChI is InChI=1S/C12H18N2O2/c1-16-10-4-6-14(7-5-10)9-2-3-11(13)12(15)8-9/h2-3,8,10,15H,4-7,13H2,1H3. The Morgan fingerprint density at radius 1 is 1.38 bits per heavy atom. The maximum Gasteiger partial charge on any atom is 0.140 e.